The van der Waals surface area contributed by atoms with Gasteiger partial charge in [0.25, 0.3) is 0 Å². The van der Waals surface area contributed by atoms with Crippen LogP contribution in [0.2, 0.25) is 0 Å². The number of hydrogen-bond acceptors (Lipinski definition) is 2. The lowest BCUT2D eigenvalue weighted by Gasteiger charge is -2.08. The molecule has 0 aliphatic carbocycles. The van der Waals surface area contributed by atoms with E-state index >= 15 is 0 Å². The van der Waals surface area contributed by atoms with Gasteiger partial charge in [-0.25, -0.2) is 4.39 Å². The van der Waals surface area contributed by atoms with Crippen LogP contribution in [0.4, 0.5) is 4.39 Å². The lowest BCUT2D eigenvalue weighted by Crippen LogP contribution is -1.89. The van der Waals surface area contributed by atoms with Crippen molar-refractivity contribution in [3.63, 3.8) is 0 Å². The molecule has 16 heavy (non-hydrogen) atoms. The molecule has 0 fully saturated rings. The molecule has 0 aliphatic rings. The number of hydrogen-bond donors (Lipinski definition) is 0. The number of aromatic nitrogens is 1. The Balaban J connectivity index is 2.31. The van der Waals surface area contributed by atoms with Crippen LogP contribution < -0.4 is 4.74 Å². The molecular weight excluding hydrogens is 388 g/mol. The molecule has 1 aromatic carbocycles. The van der Waals surface area contributed by atoms with Gasteiger partial charge in [-0.05, 0) is 50.7 Å². The number of pyridine rings is 1. The smallest absolute Gasteiger partial charge is 0.148 e. The highest BCUT2D eigenvalue weighted by Crippen LogP contribution is 2.31. The van der Waals surface area contributed by atoms with Gasteiger partial charge in [0.15, 0.2) is 0 Å². The van der Waals surface area contributed by atoms with Crippen LogP contribution in [0.25, 0.3) is 0 Å². The van der Waals surface area contributed by atoms with E-state index in [4.69, 9.17) is 4.74 Å². The highest BCUT2D eigenvalue weighted by atomic mass is 127. The molecule has 0 atom stereocenters. The normalized spacial score (nSPS) is 10.2. The van der Waals surface area contributed by atoms with E-state index in [-0.39, 0.29) is 0 Å². The molecule has 0 radical (unpaired) electrons. The monoisotopic (exact) mass is 393 g/mol. The topological polar surface area (TPSA) is 22.1 Å². The van der Waals surface area contributed by atoms with Gasteiger partial charge in [0.1, 0.15) is 17.3 Å². The van der Waals surface area contributed by atoms with Gasteiger partial charge in [0.05, 0.1) is 16.0 Å². The van der Waals surface area contributed by atoms with Crippen molar-refractivity contribution in [2.45, 2.75) is 0 Å². The molecule has 82 valence electrons. The van der Waals surface area contributed by atoms with Gasteiger partial charge in [0, 0.05) is 10.5 Å². The minimum atomic E-state index is -0.414. The summed E-state index contributed by atoms with van der Waals surface area (Å²) < 4.78 is 20.3. The van der Waals surface area contributed by atoms with Crippen LogP contribution in [0.1, 0.15) is 0 Å². The van der Waals surface area contributed by atoms with Gasteiger partial charge >= 0.3 is 0 Å². The molecule has 0 aliphatic heterocycles. The van der Waals surface area contributed by atoms with E-state index in [9.17, 15) is 4.39 Å². The minimum absolute atomic E-state index is 0.385. The fourth-order valence-corrected chi connectivity index (χ4v) is 1.96. The van der Waals surface area contributed by atoms with E-state index in [1.165, 1.54) is 12.3 Å². The number of ether oxygens (including phenoxy) is 1. The average molecular weight is 394 g/mol. The van der Waals surface area contributed by atoms with Gasteiger partial charge in [-0.3, -0.25) is 4.98 Å². The molecule has 1 heterocycles. The fourth-order valence-electron chi connectivity index (χ4n) is 1.14. The summed E-state index contributed by atoms with van der Waals surface area (Å²) in [5, 5.41) is 0. The SMILES string of the molecule is Fc1cncc(Oc2cccc(Br)c2I)c1. The lowest BCUT2D eigenvalue weighted by molar-refractivity contribution is 0.469. The van der Waals surface area contributed by atoms with Crippen molar-refractivity contribution in [2.24, 2.45) is 0 Å². The van der Waals surface area contributed by atoms with Crippen LogP contribution in [0, 0.1) is 9.39 Å². The summed E-state index contributed by atoms with van der Waals surface area (Å²) >= 11 is 5.55. The fraction of sp³-hybridized carbons (Fsp3) is 0. The Morgan fingerprint density at radius 1 is 1.31 bits per heavy atom. The maximum absolute atomic E-state index is 12.9. The Hall–Kier alpha value is -0.690. The molecular formula is C11H6BrFINO. The second-order valence-electron chi connectivity index (χ2n) is 2.99. The Morgan fingerprint density at radius 2 is 2.12 bits per heavy atom. The van der Waals surface area contributed by atoms with Gasteiger partial charge in [0.2, 0.25) is 0 Å². The van der Waals surface area contributed by atoms with Crippen LogP contribution in [0.3, 0.4) is 0 Å². The number of rotatable bonds is 2. The van der Waals surface area contributed by atoms with Crippen molar-refractivity contribution < 1.29 is 9.13 Å². The van der Waals surface area contributed by atoms with Crippen LogP contribution in [-0.4, -0.2) is 4.98 Å². The van der Waals surface area contributed by atoms with E-state index in [0.29, 0.717) is 11.5 Å². The summed E-state index contributed by atoms with van der Waals surface area (Å²) in [5.41, 5.74) is 0. The maximum Gasteiger partial charge on any atom is 0.148 e. The van der Waals surface area contributed by atoms with E-state index in [0.717, 1.165) is 14.2 Å². The molecule has 2 aromatic rings. The zero-order valence-electron chi connectivity index (χ0n) is 7.95. The highest BCUT2D eigenvalue weighted by Gasteiger charge is 2.06. The average Bonchev–Trinajstić information content (AvgIpc) is 2.25. The Morgan fingerprint density at radius 3 is 2.88 bits per heavy atom. The molecule has 5 heteroatoms. The molecule has 0 unspecified atom stereocenters. The number of nitrogens with zero attached hydrogens (tertiary/aromatic N) is 1. The molecule has 0 amide bonds. The summed E-state index contributed by atoms with van der Waals surface area (Å²) in [6.07, 6.45) is 2.61. The van der Waals surface area contributed by atoms with E-state index < -0.39 is 5.82 Å². The first-order valence-corrected chi connectivity index (χ1v) is 6.26. The maximum atomic E-state index is 12.9. The van der Waals surface area contributed by atoms with Crippen molar-refractivity contribution in [3.05, 3.63) is 50.5 Å². The molecule has 2 rings (SSSR count). The first-order chi connectivity index (χ1) is 7.66. The molecule has 1 aromatic heterocycles. The minimum Gasteiger partial charge on any atom is -0.454 e. The van der Waals surface area contributed by atoms with Gasteiger partial charge < -0.3 is 4.74 Å². The van der Waals surface area contributed by atoms with Crippen LogP contribution in [0.15, 0.2) is 41.1 Å². The Kier molecular flexibility index (Phi) is 3.75. The molecule has 2 nitrogen and oxygen atoms in total. The lowest BCUT2D eigenvalue weighted by atomic mass is 10.3. The molecule has 0 bridgehead atoms. The quantitative estimate of drug-likeness (QED) is 0.706. The van der Waals surface area contributed by atoms with Crippen LogP contribution in [-0.2, 0) is 0 Å². The predicted octanol–water partition coefficient (Wildman–Crippen LogP) is 4.38. The summed E-state index contributed by atoms with van der Waals surface area (Å²) in [5.74, 6) is 0.640. The molecule has 0 N–H and O–H groups in total. The largest absolute Gasteiger partial charge is 0.454 e. The van der Waals surface area contributed by atoms with E-state index in [2.05, 4.69) is 43.5 Å². The first-order valence-electron chi connectivity index (χ1n) is 4.39. The Labute approximate surface area is 114 Å². The van der Waals surface area contributed by atoms with Gasteiger partial charge in [-0.2, -0.15) is 0 Å². The summed E-state index contributed by atoms with van der Waals surface area (Å²) in [6, 6.07) is 6.88. The second-order valence-corrected chi connectivity index (χ2v) is 4.93. The van der Waals surface area contributed by atoms with Crippen molar-refractivity contribution in [1.82, 2.24) is 4.98 Å². The van der Waals surface area contributed by atoms with Crippen molar-refractivity contribution in [1.29, 1.82) is 0 Å². The summed E-state index contributed by atoms with van der Waals surface area (Å²) in [4.78, 5) is 3.72. The number of halogens is 3. The summed E-state index contributed by atoms with van der Waals surface area (Å²) in [7, 11) is 0. The first kappa shape index (κ1) is 11.8. The van der Waals surface area contributed by atoms with Gasteiger partial charge in [-0.1, -0.05) is 6.07 Å². The third-order valence-electron chi connectivity index (χ3n) is 1.82. The Bertz CT molecular complexity index is 521. The zero-order valence-corrected chi connectivity index (χ0v) is 11.7. The van der Waals surface area contributed by atoms with Gasteiger partial charge in [-0.15, -0.1) is 0 Å². The highest BCUT2D eigenvalue weighted by molar-refractivity contribution is 14.1. The third kappa shape index (κ3) is 2.70. The van der Waals surface area contributed by atoms with Crippen molar-refractivity contribution in [3.8, 4) is 11.5 Å². The molecule has 0 saturated carbocycles. The van der Waals surface area contributed by atoms with Crippen molar-refractivity contribution in [2.75, 3.05) is 0 Å². The predicted molar refractivity (Wildman–Crippen MR) is 71.1 cm³/mol. The van der Waals surface area contributed by atoms with Crippen LogP contribution >= 0.6 is 38.5 Å². The molecule has 0 saturated heterocycles. The zero-order chi connectivity index (χ0) is 11.5. The van der Waals surface area contributed by atoms with E-state index in [1.807, 2.05) is 18.2 Å². The standard InChI is InChI=1S/C11H6BrFINO/c12-9-2-1-3-10(11(9)14)16-8-4-7(13)5-15-6-8/h1-6H. The van der Waals surface area contributed by atoms with E-state index in [1.54, 1.807) is 0 Å². The molecule has 0 spiro atoms. The van der Waals surface area contributed by atoms with Crippen molar-refractivity contribution >= 4 is 38.5 Å². The third-order valence-corrected chi connectivity index (χ3v) is 4.34. The van der Waals surface area contributed by atoms with Crippen LogP contribution in [0.5, 0.6) is 11.5 Å². The second kappa shape index (κ2) is 5.09. The number of benzene rings is 1. The summed E-state index contributed by atoms with van der Waals surface area (Å²) in [6.45, 7) is 0.